The lowest BCUT2D eigenvalue weighted by atomic mass is 10.4. The molecule has 8 heteroatoms. The minimum atomic E-state index is -0.0279. The average molecular weight is 339 g/mol. The standard InChI is InChI=1S/C13H11ClN4OS2/c14-8-4-10-12(16-5-8)18-13(17-10)21-7-11(19)15-6-9-2-1-3-20-9/h1-5H,6-7H2,(H,15,19)(H,16,17,18). The van der Waals surface area contributed by atoms with Crippen LogP contribution in [0.25, 0.3) is 11.2 Å². The van der Waals surface area contributed by atoms with E-state index in [-0.39, 0.29) is 5.91 Å². The van der Waals surface area contributed by atoms with Gasteiger partial charge in [-0.05, 0) is 17.5 Å². The van der Waals surface area contributed by atoms with Crippen molar-refractivity contribution in [1.82, 2.24) is 20.3 Å². The summed E-state index contributed by atoms with van der Waals surface area (Å²) in [5, 5.41) is 6.07. The Hall–Kier alpha value is -1.57. The summed E-state index contributed by atoms with van der Waals surface area (Å²) in [6, 6.07) is 5.72. The van der Waals surface area contributed by atoms with Gasteiger partial charge in [0.1, 0.15) is 0 Å². The Morgan fingerprint density at radius 1 is 1.52 bits per heavy atom. The highest BCUT2D eigenvalue weighted by Crippen LogP contribution is 2.20. The van der Waals surface area contributed by atoms with Crippen molar-refractivity contribution in [3.8, 4) is 0 Å². The van der Waals surface area contributed by atoms with E-state index < -0.39 is 0 Å². The van der Waals surface area contributed by atoms with Crippen LogP contribution in [0, 0.1) is 0 Å². The molecule has 0 aliphatic heterocycles. The van der Waals surface area contributed by atoms with Crippen LogP contribution in [-0.4, -0.2) is 26.6 Å². The topological polar surface area (TPSA) is 70.7 Å². The maximum atomic E-state index is 11.8. The van der Waals surface area contributed by atoms with E-state index in [9.17, 15) is 4.79 Å². The number of aromatic nitrogens is 3. The van der Waals surface area contributed by atoms with E-state index in [1.54, 1.807) is 23.6 Å². The molecule has 0 saturated carbocycles. The maximum absolute atomic E-state index is 11.8. The molecular weight excluding hydrogens is 328 g/mol. The largest absolute Gasteiger partial charge is 0.350 e. The van der Waals surface area contributed by atoms with E-state index in [0.717, 1.165) is 10.4 Å². The van der Waals surface area contributed by atoms with Crippen molar-refractivity contribution in [2.75, 3.05) is 5.75 Å². The van der Waals surface area contributed by atoms with E-state index in [1.165, 1.54) is 11.8 Å². The van der Waals surface area contributed by atoms with Crippen LogP contribution in [0.4, 0.5) is 0 Å². The molecule has 0 radical (unpaired) electrons. The predicted octanol–water partition coefficient (Wildman–Crippen LogP) is 3.08. The third-order valence-electron chi connectivity index (χ3n) is 2.66. The molecule has 0 bridgehead atoms. The Balaban J connectivity index is 1.54. The van der Waals surface area contributed by atoms with Gasteiger partial charge in [0, 0.05) is 11.1 Å². The van der Waals surface area contributed by atoms with Crippen LogP contribution < -0.4 is 5.32 Å². The van der Waals surface area contributed by atoms with Crippen LogP contribution in [0.5, 0.6) is 0 Å². The summed E-state index contributed by atoms with van der Waals surface area (Å²) < 4.78 is 0. The average Bonchev–Trinajstić information content (AvgIpc) is 3.11. The van der Waals surface area contributed by atoms with Crippen molar-refractivity contribution in [3.05, 3.63) is 39.7 Å². The lowest BCUT2D eigenvalue weighted by Gasteiger charge is -2.01. The fraction of sp³-hybridized carbons (Fsp3) is 0.154. The van der Waals surface area contributed by atoms with Gasteiger partial charge in [0.15, 0.2) is 10.8 Å². The number of aromatic amines is 1. The second kappa shape index (κ2) is 6.46. The van der Waals surface area contributed by atoms with Gasteiger partial charge < -0.3 is 10.3 Å². The Bertz CT molecular complexity index is 757. The molecule has 0 aromatic carbocycles. The van der Waals surface area contributed by atoms with Crippen molar-refractivity contribution in [2.45, 2.75) is 11.7 Å². The zero-order valence-corrected chi connectivity index (χ0v) is 13.2. The normalized spacial score (nSPS) is 10.9. The molecule has 3 aromatic heterocycles. The molecule has 2 N–H and O–H groups in total. The molecule has 1 amide bonds. The summed E-state index contributed by atoms with van der Waals surface area (Å²) >= 11 is 8.83. The Morgan fingerprint density at radius 3 is 3.24 bits per heavy atom. The number of halogens is 1. The zero-order valence-electron chi connectivity index (χ0n) is 10.8. The minimum absolute atomic E-state index is 0.0279. The van der Waals surface area contributed by atoms with Crippen LogP contribution in [0.2, 0.25) is 5.02 Å². The SMILES string of the molecule is O=C(CSc1nc2ncc(Cl)cc2[nH]1)NCc1cccs1. The van der Waals surface area contributed by atoms with E-state index >= 15 is 0 Å². The fourth-order valence-corrected chi connectivity index (χ4v) is 3.21. The smallest absolute Gasteiger partial charge is 0.230 e. The number of carbonyl (C=O) groups excluding carboxylic acids is 1. The van der Waals surface area contributed by atoms with Gasteiger partial charge in [0.2, 0.25) is 5.91 Å². The van der Waals surface area contributed by atoms with Gasteiger partial charge in [-0.1, -0.05) is 29.4 Å². The summed E-state index contributed by atoms with van der Waals surface area (Å²) in [6.45, 7) is 0.564. The second-order valence-corrected chi connectivity index (χ2v) is 6.64. The molecule has 0 spiro atoms. The minimum Gasteiger partial charge on any atom is -0.350 e. The molecular formula is C13H11ClN4OS2. The van der Waals surface area contributed by atoms with Gasteiger partial charge >= 0.3 is 0 Å². The third kappa shape index (κ3) is 3.75. The highest BCUT2D eigenvalue weighted by molar-refractivity contribution is 7.99. The van der Waals surface area contributed by atoms with Gasteiger partial charge in [-0.2, -0.15) is 0 Å². The first-order chi connectivity index (χ1) is 10.2. The molecule has 3 rings (SSSR count). The first-order valence-corrected chi connectivity index (χ1v) is 8.38. The summed E-state index contributed by atoms with van der Waals surface area (Å²) in [5.41, 5.74) is 1.37. The van der Waals surface area contributed by atoms with E-state index in [0.29, 0.717) is 28.1 Å². The molecule has 0 fully saturated rings. The number of thiophene rings is 1. The number of pyridine rings is 1. The molecule has 21 heavy (non-hydrogen) atoms. The molecule has 0 aliphatic rings. The Kier molecular flexibility index (Phi) is 4.42. The van der Waals surface area contributed by atoms with Crippen molar-refractivity contribution >= 4 is 51.8 Å². The lowest BCUT2D eigenvalue weighted by molar-refractivity contribution is -0.118. The summed E-state index contributed by atoms with van der Waals surface area (Å²) in [7, 11) is 0. The molecule has 3 aromatic rings. The number of imidazole rings is 1. The van der Waals surface area contributed by atoms with Gasteiger partial charge in [-0.3, -0.25) is 4.79 Å². The first-order valence-electron chi connectivity index (χ1n) is 6.14. The second-order valence-electron chi connectivity index (χ2n) is 4.21. The number of nitrogens with zero attached hydrogens (tertiary/aromatic N) is 2. The van der Waals surface area contributed by atoms with Gasteiger partial charge in [0.05, 0.1) is 22.8 Å². The van der Waals surface area contributed by atoms with Crippen LogP contribution in [0.3, 0.4) is 0 Å². The number of nitrogens with one attached hydrogen (secondary N) is 2. The highest BCUT2D eigenvalue weighted by atomic mass is 35.5. The molecule has 3 heterocycles. The number of H-pyrrole nitrogens is 1. The number of rotatable bonds is 5. The van der Waals surface area contributed by atoms with Gasteiger partial charge in [-0.15, -0.1) is 11.3 Å². The van der Waals surface area contributed by atoms with E-state index in [4.69, 9.17) is 11.6 Å². The highest BCUT2D eigenvalue weighted by Gasteiger charge is 2.08. The van der Waals surface area contributed by atoms with Gasteiger partial charge in [-0.25, -0.2) is 9.97 Å². The monoisotopic (exact) mass is 338 g/mol. The summed E-state index contributed by atoms with van der Waals surface area (Å²) in [6.07, 6.45) is 1.55. The van der Waals surface area contributed by atoms with Crippen molar-refractivity contribution < 1.29 is 4.79 Å². The number of hydrogen-bond donors (Lipinski definition) is 2. The van der Waals surface area contributed by atoms with Crippen molar-refractivity contribution in [3.63, 3.8) is 0 Å². The molecule has 108 valence electrons. The summed E-state index contributed by atoms with van der Waals surface area (Å²) in [5.74, 6) is 0.277. The number of amides is 1. The number of thioether (sulfide) groups is 1. The molecule has 0 saturated heterocycles. The summed E-state index contributed by atoms with van der Waals surface area (Å²) in [4.78, 5) is 24.4. The van der Waals surface area contributed by atoms with Gasteiger partial charge in [0.25, 0.3) is 0 Å². The van der Waals surface area contributed by atoms with Crippen LogP contribution in [-0.2, 0) is 11.3 Å². The van der Waals surface area contributed by atoms with Crippen LogP contribution >= 0.6 is 34.7 Å². The number of carbonyl (C=O) groups is 1. The number of fused-ring (bicyclic) bond motifs is 1. The number of hydrogen-bond acceptors (Lipinski definition) is 5. The van der Waals surface area contributed by atoms with E-state index in [2.05, 4.69) is 20.3 Å². The maximum Gasteiger partial charge on any atom is 0.230 e. The van der Waals surface area contributed by atoms with Crippen molar-refractivity contribution in [1.29, 1.82) is 0 Å². The molecule has 0 unspecified atom stereocenters. The molecule has 0 atom stereocenters. The lowest BCUT2D eigenvalue weighted by Crippen LogP contribution is -2.24. The molecule has 0 aliphatic carbocycles. The first kappa shape index (κ1) is 14.4. The van der Waals surface area contributed by atoms with Crippen molar-refractivity contribution in [2.24, 2.45) is 0 Å². The third-order valence-corrected chi connectivity index (χ3v) is 4.62. The van der Waals surface area contributed by atoms with E-state index in [1.807, 2.05) is 17.5 Å². The fourth-order valence-electron chi connectivity index (χ4n) is 1.70. The zero-order chi connectivity index (χ0) is 14.7. The van der Waals surface area contributed by atoms with Crippen LogP contribution in [0.15, 0.2) is 34.9 Å². The predicted molar refractivity (Wildman–Crippen MR) is 85.8 cm³/mol. The Morgan fingerprint density at radius 2 is 2.43 bits per heavy atom. The quantitative estimate of drug-likeness (QED) is 0.701. The van der Waals surface area contributed by atoms with Crippen LogP contribution in [0.1, 0.15) is 4.88 Å². The molecule has 5 nitrogen and oxygen atoms in total. The Labute approximate surface area is 134 Å².